The van der Waals surface area contributed by atoms with Crippen molar-refractivity contribution in [3.63, 3.8) is 0 Å². The maximum absolute atomic E-state index is 4.65. The lowest BCUT2D eigenvalue weighted by atomic mass is 10.3. The van der Waals surface area contributed by atoms with Gasteiger partial charge in [0.15, 0.2) is 5.16 Å². The second-order valence-corrected chi connectivity index (χ2v) is 5.38. The largest absolute Gasteiger partial charge is 0.370 e. The molecule has 0 aliphatic carbocycles. The van der Waals surface area contributed by atoms with Gasteiger partial charge in [-0.3, -0.25) is 0 Å². The number of nitrogens with one attached hydrogen (secondary N) is 1. The third kappa shape index (κ3) is 4.11. The van der Waals surface area contributed by atoms with Gasteiger partial charge in [-0.15, -0.1) is 0 Å². The van der Waals surface area contributed by atoms with Crippen LogP contribution < -0.4 is 10.2 Å². The van der Waals surface area contributed by atoms with Crippen molar-refractivity contribution < 1.29 is 0 Å². The summed E-state index contributed by atoms with van der Waals surface area (Å²) in [6, 6.07) is 12.3. The van der Waals surface area contributed by atoms with E-state index < -0.39 is 0 Å². The van der Waals surface area contributed by atoms with Crippen LogP contribution in [-0.2, 0) is 0 Å². The maximum atomic E-state index is 4.65. The zero-order valence-electron chi connectivity index (χ0n) is 12.8. The standard InChI is InChI=1S/C16H22N4S/c1-4-11-17-14-12-15(19-16(18-14)21-3)20(5-2)13-9-7-6-8-10-13/h6-10,12H,4-5,11H2,1-3H3,(H,17,18,19). The Hall–Kier alpha value is -1.75. The van der Waals surface area contributed by atoms with Crippen molar-refractivity contribution in [2.75, 3.05) is 29.6 Å². The molecule has 0 amide bonds. The SMILES string of the molecule is CCCNc1cc(N(CC)c2ccccc2)nc(SC)n1. The zero-order chi connectivity index (χ0) is 15.1. The molecule has 0 spiro atoms. The van der Waals surface area contributed by atoms with E-state index in [0.717, 1.165) is 42.0 Å². The molecule has 4 nitrogen and oxygen atoms in total. The molecule has 0 aliphatic heterocycles. The minimum absolute atomic E-state index is 0.792. The highest BCUT2D eigenvalue weighted by Gasteiger charge is 2.11. The summed E-state index contributed by atoms with van der Waals surface area (Å²) in [7, 11) is 0. The summed E-state index contributed by atoms with van der Waals surface area (Å²) >= 11 is 1.56. The molecule has 0 unspecified atom stereocenters. The quantitative estimate of drug-likeness (QED) is 0.614. The van der Waals surface area contributed by atoms with Gasteiger partial charge in [-0.05, 0) is 31.7 Å². The first-order chi connectivity index (χ1) is 10.3. The van der Waals surface area contributed by atoms with E-state index >= 15 is 0 Å². The highest BCUT2D eigenvalue weighted by Crippen LogP contribution is 2.26. The molecule has 0 radical (unpaired) electrons. The fourth-order valence-electron chi connectivity index (χ4n) is 2.07. The van der Waals surface area contributed by atoms with Gasteiger partial charge in [-0.1, -0.05) is 36.9 Å². The second-order valence-electron chi connectivity index (χ2n) is 4.60. The predicted molar refractivity (Wildman–Crippen MR) is 91.7 cm³/mol. The van der Waals surface area contributed by atoms with Crippen LogP contribution in [0.3, 0.4) is 0 Å². The van der Waals surface area contributed by atoms with Gasteiger partial charge in [-0.25, -0.2) is 9.97 Å². The molecule has 21 heavy (non-hydrogen) atoms. The van der Waals surface area contributed by atoms with Crippen LogP contribution in [0.25, 0.3) is 0 Å². The van der Waals surface area contributed by atoms with Gasteiger partial charge in [-0.2, -0.15) is 0 Å². The Kier molecular flexibility index (Phi) is 5.87. The first-order valence-electron chi connectivity index (χ1n) is 7.28. The number of benzene rings is 1. The van der Waals surface area contributed by atoms with E-state index in [4.69, 9.17) is 0 Å². The van der Waals surface area contributed by atoms with Gasteiger partial charge in [0, 0.05) is 24.8 Å². The summed E-state index contributed by atoms with van der Waals surface area (Å²) in [5.74, 6) is 1.82. The predicted octanol–water partition coefficient (Wildman–Crippen LogP) is 4.18. The molecule has 2 aromatic rings. The summed E-state index contributed by atoms with van der Waals surface area (Å²) < 4.78 is 0. The summed E-state index contributed by atoms with van der Waals surface area (Å²) in [6.45, 7) is 6.06. The smallest absolute Gasteiger partial charge is 0.191 e. The molecule has 1 N–H and O–H groups in total. The Morgan fingerprint density at radius 3 is 2.52 bits per heavy atom. The van der Waals surface area contributed by atoms with E-state index in [2.05, 4.69) is 46.2 Å². The molecule has 0 atom stereocenters. The van der Waals surface area contributed by atoms with Crippen molar-refractivity contribution in [3.8, 4) is 0 Å². The molecule has 0 saturated carbocycles. The number of para-hydroxylation sites is 1. The summed E-state index contributed by atoms with van der Waals surface area (Å²) in [5.41, 5.74) is 1.15. The average Bonchev–Trinajstić information content (AvgIpc) is 2.54. The summed E-state index contributed by atoms with van der Waals surface area (Å²) in [4.78, 5) is 11.4. The minimum Gasteiger partial charge on any atom is -0.370 e. The fourth-order valence-corrected chi connectivity index (χ4v) is 2.45. The van der Waals surface area contributed by atoms with E-state index in [1.807, 2.05) is 30.5 Å². The van der Waals surface area contributed by atoms with Gasteiger partial charge in [0.25, 0.3) is 0 Å². The lowest BCUT2D eigenvalue weighted by molar-refractivity contribution is 0.895. The van der Waals surface area contributed by atoms with E-state index in [1.54, 1.807) is 11.8 Å². The fraction of sp³-hybridized carbons (Fsp3) is 0.375. The van der Waals surface area contributed by atoms with Crippen molar-refractivity contribution in [1.29, 1.82) is 0 Å². The number of nitrogens with zero attached hydrogens (tertiary/aromatic N) is 3. The molecule has 1 aromatic carbocycles. The number of aromatic nitrogens is 2. The Morgan fingerprint density at radius 2 is 1.90 bits per heavy atom. The number of rotatable bonds is 7. The van der Waals surface area contributed by atoms with Crippen molar-refractivity contribution in [2.45, 2.75) is 25.4 Å². The van der Waals surface area contributed by atoms with E-state index in [-0.39, 0.29) is 0 Å². The monoisotopic (exact) mass is 302 g/mol. The Morgan fingerprint density at radius 1 is 1.14 bits per heavy atom. The van der Waals surface area contributed by atoms with Crippen LogP contribution in [-0.4, -0.2) is 29.3 Å². The number of hydrogen-bond acceptors (Lipinski definition) is 5. The summed E-state index contributed by atoms with van der Waals surface area (Å²) in [6.07, 6.45) is 3.08. The molecule has 2 rings (SSSR count). The molecule has 0 aliphatic rings. The minimum atomic E-state index is 0.792. The van der Waals surface area contributed by atoms with Crippen LogP contribution in [0.1, 0.15) is 20.3 Å². The van der Waals surface area contributed by atoms with Crippen molar-refractivity contribution >= 4 is 29.1 Å². The van der Waals surface area contributed by atoms with Crippen LogP contribution in [0, 0.1) is 0 Å². The van der Waals surface area contributed by atoms with E-state index in [1.165, 1.54) is 0 Å². The number of anilines is 3. The molecule has 0 saturated heterocycles. The molecule has 1 aromatic heterocycles. The number of thioether (sulfide) groups is 1. The van der Waals surface area contributed by atoms with Crippen LogP contribution in [0.5, 0.6) is 0 Å². The topological polar surface area (TPSA) is 41.0 Å². The van der Waals surface area contributed by atoms with Gasteiger partial charge in [0.1, 0.15) is 11.6 Å². The second kappa shape index (κ2) is 7.88. The van der Waals surface area contributed by atoms with Gasteiger partial charge >= 0.3 is 0 Å². The molecule has 0 fully saturated rings. The van der Waals surface area contributed by atoms with Crippen LogP contribution in [0.4, 0.5) is 17.3 Å². The Labute approximate surface area is 131 Å². The van der Waals surface area contributed by atoms with Crippen molar-refractivity contribution in [1.82, 2.24) is 9.97 Å². The highest BCUT2D eigenvalue weighted by molar-refractivity contribution is 7.98. The van der Waals surface area contributed by atoms with Gasteiger partial charge in [0.05, 0.1) is 0 Å². The zero-order valence-corrected chi connectivity index (χ0v) is 13.7. The van der Waals surface area contributed by atoms with Crippen molar-refractivity contribution in [2.24, 2.45) is 0 Å². The van der Waals surface area contributed by atoms with Gasteiger partial charge in [0.2, 0.25) is 0 Å². The normalized spacial score (nSPS) is 10.4. The molecule has 112 valence electrons. The lowest BCUT2D eigenvalue weighted by Gasteiger charge is -2.23. The molecule has 0 bridgehead atoms. The highest BCUT2D eigenvalue weighted by atomic mass is 32.2. The summed E-state index contributed by atoms with van der Waals surface area (Å²) in [5, 5.41) is 4.14. The average molecular weight is 302 g/mol. The van der Waals surface area contributed by atoms with E-state index in [0.29, 0.717) is 0 Å². The third-order valence-corrected chi connectivity index (χ3v) is 3.64. The first kappa shape index (κ1) is 15.6. The molecular formula is C16H22N4S. The van der Waals surface area contributed by atoms with Crippen LogP contribution in [0.15, 0.2) is 41.6 Å². The number of hydrogen-bond donors (Lipinski definition) is 1. The first-order valence-corrected chi connectivity index (χ1v) is 8.50. The van der Waals surface area contributed by atoms with Crippen molar-refractivity contribution in [3.05, 3.63) is 36.4 Å². The van der Waals surface area contributed by atoms with Crippen LogP contribution >= 0.6 is 11.8 Å². The molecule has 5 heteroatoms. The van der Waals surface area contributed by atoms with Gasteiger partial charge < -0.3 is 10.2 Å². The maximum Gasteiger partial charge on any atom is 0.191 e. The van der Waals surface area contributed by atoms with E-state index in [9.17, 15) is 0 Å². The Balaban J connectivity index is 2.35. The van der Waals surface area contributed by atoms with Crippen LogP contribution in [0.2, 0.25) is 0 Å². The third-order valence-electron chi connectivity index (χ3n) is 3.09. The lowest BCUT2D eigenvalue weighted by Crippen LogP contribution is -2.18. The Bertz CT molecular complexity index is 559. The molecular weight excluding hydrogens is 280 g/mol. The molecule has 1 heterocycles.